The van der Waals surface area contributed by atoms with Crippen molar-refractivity contribution >= 4 is 22.6 Å². The van der Waals surface area contributed by atoms with E-state index in [1.807, 2.05) is 6.07 Å². The normalized spacial score (nSPS) is 14.7. The van der Waals surface area contributed by atoms with Crippen LogP contribution in [0.1, 0.15) is 42.5 Å². The molecule has 1 saturated carbocycles. The summed E-state index contributed by atoms with van der Waals surface area (Å²) in [6, 6.07) is 6.99. The molecule has 4 rings (SSSR count). The van der Waals surface area contributed by atoms with Gasteiger partial charge in [-0.3, -0.25) is 19.4 Å². The first-order chi connectivity index (χ1) is 14.1. The van der Waals surface area contributed by atoms with Crippen LogP contribution in [0.25, 0.3) is 16.7 Å². The number of carbonyl (C=O) groups is 1. The Labute approximate surface area is 167 Å². The summed E-state index contributed by atoms with van der Waals surface area (Å²) in [7, 11) is 1.62. The van der Waals surface area contributed by atoms with Gasteiger partial charge in [-0.15, -0.1) is 0 Å². The molecular formula is C21H25N5O3. The van der Waals surface area contributed by atoms with Gasteiger partial charge >= 0.3 is 0 Å². The number of fused-ring (bicyclic) bond motifs is 2. The molecular weight excluding hydrogens is 370 g/mol. The van der Waals surface area contributed by atoms with Gasteiger partial charge in [0.15, 0.2) is 0 Å². The van der Waals surface area contributed by atoms with Crippen molar-refractivity contribution in [3.63, 3.8) is 0 Å². The molecule has 0 saturated heterocycles. The zero-order valence-electron chi connectivity index (χ0n) is 16.5. The van der Waals surface area contributed by atoms with Crippen LogP contribution >= 0.6 is 0 Å². The summed E-state index contributed by atoms with van der Waals surface area (Å²) in [5.41, 5.74) is 0.946. The Kier molecular flexibility index (Phi) is 5.44. The van der Waals surface area contributed by atoms with Crippen molar-refractivity contribution in [2.45, 2.75) is 44.7 Å². The molecule has 0 aliphatic heterocycles. The van der Waals surface area contributed by atoms with Gasteiger partial charge in [-0.1, -0.05) is 18.9 Å². The number of nitrogens with zero attached hydrogens (tertiary/aromatic N) is 3. The molecule has 3 aromatic heterocycles. The second-order valence-corrected chi connectivity index (χ2v) is 7.44. The molecule has 0 unspecified atom stereocenters. The summed E-state index contributed by atoms with van der Waals surface area (Å²) < 4.78 is 8.24. The fraction of sp³-hybridized carbons (Fsp3) is 0.429. The van der Waals surface area contributed by atoms with Crippen LogP contribution in [0.5, 0.6) is 0 Å². The van der Waals surface area contributed by atoms with Crippen molar-refractivity contribution in [2.24, 2.45) is 0 Å². The lowest BCUT2D eigenvalue weighted by atomic mass is 10.1. The number of hydrogen-bond acceptors (Lipinski definition) is 5. The van der Waals surface area contributed by atoms with Crippen molar-refractivity contribution in [3.05, 3.63) is 51.9 Å². The van der Waals surface area contributed by atoms with Gasteiger partial charge in [0.2, 0.25) is 0 Å². The molecule has 29 heavy (non-hydrogen) atoms. The first kappa shape index (κ1) is 19.3. The largest absolute Gasteiger partial charge is 0.385 e. The minimum Gasteiger partial charge on any atom is -0.385 e. The lowest BCUT2D eigenvalue weighted by Crippen LogP contribution is -2.38. The number of rotatable bonds is 6. The molecule has 3 aromatic rings. The molecule has 0 spiro atoms. The lowest BCUT2D eigenvalue weighted by Gasteiger charge is -2.16. The number of pyridine rings is 2. The minimum absolute atomic E-state index is 0.0660. The third kappa shape index (κ3) is 3.67. The van der Waals surface area contributed by atoms with E-state index in [1.165, 1.54) is 10.5 Å². The number of aryl methyl sites for hydroxylation is 1. The maximum atomic E-state index is 13.1. The summed E-state index contributed by atoms with van der Waals surface area (Å²) >= 11 is 0. The molecule has 0 atom stereocenters. The third-order valence-corrected chi connectivity index (χ3v) is 5.48. The highest BCUT2D eigenvalue weighted by Gasteiger charge is 2.21. The monoisotopic (exact) mass is 395 g/mol. The number of ether oxygens (including phenoxy) is 1. The molecule has 8 heteroatoms. The average molecular weight is 395 g/mol. The van der Waals surface area contributed by atoms with Gasteiger partial charge in [-0.25, -0.2) is 4.98 Å². The van der Waals surface area contributed by atoms with Gasteiger partial charge in [0.1, 0.15) is 16.8 Å². The summed E-state index contributed by atoms with van der Waals surface area (Å²) in [4.78, 5) is 30.6. The van der Waals surface area contributed by atoms with Crippen LogP contribution in [0, 0.1) is 5.41 Å². The quantitative estimate of drug-likeness (QED) is 0.491. The fourth-order valence-corrected chi connectivity index (χ4v) is 3.98. The Balaban J connectivity index is 1.89. The van der Waals surface area contributed by atoms with Crippen LogP contribution in [0.2, 0.25) is 0 Å². The van der Waals surface area contributed by atoms with Crippen molar-refractivity contribution < 1.29 is 9.53 Å². The molecule has 2 N–H and O–H groups in total. The second kappa shape index (κ2) is 8.16. The Morgan fingerprint density at radius 3 is 2.90 bits per heavy atom. The van der Waals surface area contributed by atoms with Gasteiger partial charge in [0.25, 0.3) is 11.5 Å². The summed E-state index contributed by atoms with van der Waals surface area (Å²) in [6.07, 6.45) is 6.41. The standard InChI is InChI=1S/C21H25N5O3/c1-29-12-6-11-26-18(22)15(20(27)23-14-7-2-3-8-14)13-16-19(26)24-17-9-4-5-10-25(17)21(16)28/h4-5,9-10,13-14,22H,2-3,6-8,11-12H2,1H3,(H,23,27). The van der Waals surface area contributed by atoms with Crippen LogP contribution in [-0.4, -0.2) is 39.6 Å². The first-order valence-electron chi connectivity index (χ1n) is 9.99. The zero-order valence-corrected chi connectivity index (χ0v) is 16.5. The molecule has 3 heterocycles. The van der Waals surface area contributed by atoms with Crippen molar-refractivity contribution in [2.75, 3.05) is 13.7 Å². The minimum atomic E-state index is -0.304. The second-order valence-electron chi connectivity index (χ2n) is 7.44. The number of aromatic nitrogens is 3. The van der Waals surface area contributed by atoms with Crippen LogP contribution in [0.15, 0.2) is 35.3 Å². The van der Waals surface area contributed by atoms with Crippen molar-refractivity contribution in [1.29, 1.82) is 5.41 Å². The average Bonchev–Trinajstić information content (AvgIpc) is 3.23. The van der Waals surface area contributed by atoms with E-state index in [2.05, 4.69) is 10.3 Å². The van der Waals surface area contributed by atoms with E-state index in [9.17, 15) is 9.59 Å². The summed E-state index contributed by atoms with van der Waals surface area (Å²) in [5.74, 6) is -0.304. The van der Waals surface area contributed by atoms with Crippen LogP contribution in [0.4, 0.5) is 0 Å². The number of nitrogens with one attached hydrogen (secondary N) is 2. The maximum absolute atomic E-state index is 13.1. The molecule has 1 aliphatic rings. The summed E-state index contributed by atoms with van der Waals surface area (Å²) in [6.45, 7) is 0.947. The Hall–Kier alpha value is -3.00. The highest BCUT2D eigenvalue weighted by Crippen LogP contribution is 2.18. The predicted octanol–water partition coefficient (Wildman–Crippen LogP) is 1.84. The number of carbonyl (C=O) groups excluding carboxylic acids is 1. The maximum Gasteiger partial charge on any atom is 0.267 e. The number of hydrogen-bond donors (Lipinski definition) is 2. The van der Waals surface area contributed by atoms with E-state index >= 15 is 0 Å². The lowest BCUT2D eigenvalue weighted by molar-refractivity contribution is 0.0935. The van der Waals surface area contributed by atoms with Crippen LogP contribution in [0.3, 0.4) is 0 Å². The topological polar surface area (TPSA) is 101 Å². The number of methoxy groups -OCH3 is 1. The smallest absolute Gasteiger partial charge is 0.267 e. The van der Waals surface area contributed by atoms with Gasteiger partial charge in [0, 0.05) is 32.5 Å². The highest BCUT2D eigenvalue weighted by molar-refractivity contribution is 5.97. The third-order valence-electron chi connectivity index (χ3n) is 5.48. The van der Waals surface area contributed by atoms with Gasteiger partial charge in [-0.05, 0) is 37.5 Å². The van der Waals surface area contributed by atoms with Crippen molar-refractivity contribution in [1.82, 2.24) is 19.3 Å². The van der Waals surface area contributed by atoms with E-state index in [0.29, 0.717) is 36.3 Å². The SMILES string of the molecule is COCCCn1c(=N)c(C(=O)NC2CCCC2)cc2c(=O)n3ccccc3nc21. The van der Waals surface area contributed by atoms with E-state index in [1.54, 1.807) is 30.0 Å². The number of amides is 1. The molecule has 1 fully saturated rings. The van der Waals surface area contributed by atoms with Crippen LogP contribution in [-0.2, 0) is 11.3 Å². The van der Waals surface area contributed by atoms with Gasteiger partial charge in [-0.2, -0.15) is 0 Å². The molecule has 0 radical (unpaired) electrons. The first-order valence-corrected chi connectivity index (χ1v) is 9.99. The Morgan fingerprint density at radius 2 is 2.14 bits per heavy atom. The van der Waals surface area contributed by atoms with Gasteiger partial charge < -0.3 is 14.6 Å². The van der Waals surface area contributed by atoms with E-state index < -0.39 is 0 Å². The molecule has 1 amide bonds. The predicted molar refractivity (Wildman–Crippen MR) is 109 cm³/mol. The molecule has 0 bridgehead atoms. The van der Waals surface area contributed by atoms with E-state index in [0.717, 1.165) is 25.7 Å². The van der Waals surface area contributed by atoms with Crippen molar-refractivity contribution in [3.8, 4) is 0 Å². The van der Waals surface area contributed by atoms with Crippen LogP contribution < -0.4 is 16.4 Å². The van der Waals surface area contributed by atoms with E-state index in [-0.39, 0.29) is 28.6 Å². The highest BCUT2D eigenvalue weighted by atomic mass is 16.5. The molecule has 8 nitrogen and oxygen atoms in total. The summed E-state index contributed by atoms with van der Waals surface area (Å²) in [5, 5.41) is 12.0. The van der Waals surface area contributed by atoms with Gasteiger partial charge in [0.05, 0.1) is 10.9 Å². The van der Waals surface area contributed by atoms with E-state index in [4.69, 9.17) is 10.1 Å². The molecule has 152 valence electrons. The fourth-order valence-electron chi connectivity index (χ4n) is 3.98. The zero-order chi connectivity index (χ0) is 20.4. The molecule has 0 aromatic carbocycles. The Morgan fingerprint density at radius 1 is 1.34 bits per heavy atom. The Bertz CT molecular complexity index is 1170. The molecule has 1 aliphatic carbocycles.